The molecule has 3 nitrogen and oxygen atoms in total. The average molecular weight is 265 g/mol. The minimum atomic E-state index is -0.517. The number of aryl methyl sites for hydroxylation is 1. The summed E-state index contributed by atoms with van der Waals surface area (Å²) in [6, 6.07) is 4.11. The lowest BCUT2D eigenvalue weighted by Gasteiger charge is -2.27. The number of hydrogen-bond donors (Lipinski definition) is 2. The number of aliphatic hydroxyl groups excluding tert-OH is 1. The number of nitrogens with one attached hydrogen (secondary N) is 1. The van der Waals surface area contributed by atoms with E-state index in [1.54, 1.807) is 7.11 Å². The molecule has 0 bridgehead atoms. The molecule has 0 aliphatic carbocycles. The molecule has 0 fully saturated rings. The zero-order valence-corrected chi connectivity index (χ0v) is 13.2. The van der Waals surface area contributed by atoms with Crippen molar-refractivity contribution in [2.75, 3.05) is 14.2 Å². The second-order valence-electron chi connectivity index (χ2n) is 6.18. The number of rotatable bonds is 4. The normalized spacial score (nSPS) is 15.2. The number of benzene rings is 1. The molecule has 0 aliphatic heterocycles. The Bertz CT molecular complexity index is 435. The van der Waals surface area contributed by atoms with Crippen molar-refractivity contribution in [3.63, 3.8) is 0 Å². The third-order valence-electron chi connectivity index (χ3n) is 3.64. The lowest BCUT2D eigenvalue weighted by Crippen LogP contribution is -2.29. The minimum Gasteiger partial charge on any atom is -0.496 e. The van der Waals surface area contributed by atoms with E-state index in [1.165, 1.54) is 0 Å². The van der Waals surface area contributed by atoms with Crippen molar-refractivity contribution in [2.45, 2.75) is 52.2 Å². The van der Waals surface area contributed by atoms with Gasteiger partial charge in [-0.05, 0) is 55.1 Å². The van der Waals surface area contributed by atoms with Gasteiger partial charge in [-0.25, -0.2) is 0 Å². The Balaban J connectivity index is 3.35. The summed E-state index contributed by atoms with van der Waals surface area (Å²) in [6.45, 7) is 10.4. The van der Waals surface area contributed by atoms with Crippen molar-refractivity contribution in [1.29, 1.82) is 0 Å². The van der Waals surface area contributed by atoms with Crippen molar-refractivity contribution in [3.05, 3.63) is 28.8 Å². The zero-order valence-electron chi connectivity index (χ0n) is 13.2. The lowest BCUT2D eigenvalue weighted by atomic mass is 9.83. The van der Waals surface area contributed by atoms with Gasteiger partial charge in [-0.3, -0.25) is 0 Å². The van der Waals surface area contributed by atoms with Gasteiger partial charge in [0.1, 0.15) is 5.75 Å². The SMILES string of the molecule is CNC(C)C(O)c1cc(C(C)(C)C)c(OC)cc1C. The van der Waals surface area contributed by atoms with E-state index in [4.69, 9.17) is 4.74 Å². The van der Waals surface area contributed by atoms with Crippen LogP contribution in [0.15, 0.2) is 12.1 Å². The first kappa shape index (κ1) is 16.0. The molecule has 0 heterocycles. The van der Waals surface area contributed by atoms with Gasteiger partial charge in [0, 0.05) is 6.04 Å². The fourth-order valence-corrected chi connectivity index (χ4v) is 2.20. The van der Waals surface area contributed by atoms with Gasteiger partial charge in [0.25, 0.3) is 0 Å². The minimum absolute atomic E-state index is 0.0138. The van der Waals surface area contributed by atoms with E-state index < -0.39 is 6.10 Å². The van der Waals surface area contributed by atoms with Crippen LogP contribution in [0.5, 0.6) is 5.75 Å². The summed E-state index contributed by atoms with van der Waals surface area (Å²) in [7, 11) is 3.55. The highest BCUT2D eigenvalue weighted by Crippen LogP contribution is 2.35. The average Bonchev–Trinajstić information content (AvgIpc) is 2.35. The van der Waals surface area contributed by atoms with Crippen LogP contribution >= 0.6 is 0 Å². The molecule has 0 aliphatic rings. The highest BCUT2D eigenvalue weighted by molar-refractivity contribution is 5.46. The Kier molecular flexibility index (Phi) is 4.99. The second kappa shape index (κ2) is 5.93. The van der Waals surface area contributed by atoms with Gasteiger partial charge in [0.05, 0.1) is 13.2 Å². The summed E-state index contributed by atoms with van der Waals surface area (Å²) in [5, 5.41) is 13.5. The molecule has 3 heteroatoms. The van der Waals surface area contributed by atoms with Crippen LogP contribution in [0.3, 0.4) is 0 Å². The molecule has 0 saturated carbocycles. The summed E-state index contributed by atoms with van der Waals surface area (Å²) in [6.07, 6.45) is -0.517. The van der Waals surface area contributed by atoms with Crippen molar-refractivity contribution >= 4 is 0 Å². The van der Waals surface area contributed by atoms with Crippen LogP contribution in [-0.2, 0) is 5.41 Å². The second-order valence-corrected chi connectivity index (χ2v) is 6.18. The number of hydrogen-bond acceptors (Lipinski definition) is 3. The molecular formula is C16H27NO2. The van der Waals surface area contributed by atoms with E-state index in [9.17, 15) is 5.11 Å². The number of aliphatic hydroxyl groups is 1. The van der Waals surface area contributed by atoms with Crippen LogP contribution in [0, 0.1) is 6.92 Å². The van der Waals surface area contributed by atoms with E-state index in [0.29, 0.717) is 0 Å². The van der Waals surface area contributed by atoms with Gasteiger partial charge >= 0.3 is 0 Å². The molecule has 1 rings (SSSR count). The quantitative estimate of drug-likeness (QED) is 0.879. The third-order valence-corrected chi connectivity index (χ3v) is 3.64. The maximum Gasteiger partial charge on any atom is 0.122 e. The van der Waals surface area contributed by atoms with Gasteiger partial charge in [0.15, 0.2) is 0 Å². The van der Waals surface area contributed by atoms with Crippen molar-refractivity contribution in [2.24, 2.45) is 0 Å². The Hall–Kier alpha value is -1.06. The van der Waals surface area contributed by atoms with E-state index in [-0.39, 0.29) is 11.5 Å². The molecule has 2 unspecified atom stereocenters. The molecule has 0 radical (unpaired) electrons. The molecule has 2 atom stereocenters. The predicted molar refractivity (Wildman–Crippen MR) is 79.9 cm³/mol. The van der Waals surface area contributed by atoms with Crippen LogP contribution in [0.25, 0.3) is 0 Å². The molecule has 108 valence electrons. The fourth-order valence-electron chi connectivity index (χ4n) is 2.20. The van der Waals surface area contributed by atoms with Gasteiger partial charge in [-0.15, -0.1) is 0 Å². The Morgan fingerprint density at radius 3 is 2.26 bits per heavy atom. The first-order valence-electron chi connectivity index (χ1n) is 6.76. The molecule has 1 aromatic carbocycles. The van der Waals surface area contributed by atoms with Gasteiger partial charge in [-0.2, -0.15) is 0 Å². The Morgan fingerprint density at radius 1 is 1.26 bits per heavy atom. The van der Waals surface area contributed by atoms with E-state index >= 15 is 0 Å². The molecule has 1 aromatic rings. The largest absolute Gasteiger partial charge is 0.496 e. The maximum atomic E-state index is 10.4. The van der Waals surface area contributed by atoms with E-state index in [2.05, 4.69) is 32.2 Å². The van der Waals surface area contributed by atoms with Crippen LogP contribution in [-0.4, -0.2) is 25.3 Å². The first-order chi connectivity index (χ1) is 8.72. The van der Waals surface area contributed by atoms with Crippen molar-refractivity contribution < 1.29 is 9.84 Å². The number of likely N-dealkylation sites (N-methyl/N-ethyl adjacent to an activating group) is 1. The predicted octanol–water partition coefficient (Wildman–Crippen LogP) is 2.94. The maximum absolute atomic E-state index is 10.4. The molecule has 0 spiro atoms. The summed E-state index contributed by atoms with van der Waals surface area (Å²) in [5.41, 5.74) is 3.13. The van der Waals surface area contributed by atoms with Gasteiger partial charge in [-0.1, -0.05) is 20.8 Å². The highest BCUT2D eigenvalue weighted by atomic mass is 16.5. The fraction of sp³-hybridized carbons (Fsp3) is 0.625. The first-order valence-corrected chi connectivity index (χ1v) is 6.76. The summed E-state index contributed by atoms with van der Waals surface area (Å²) in [5.74, 6) is 0.887. The Labute approximate surface area is 117 Å². The molecule has 0 saturated heterocycles. The molecular weight excluding hydrogens is 238 g/mol. The number of methoxy groups -OCH3 is 1. The van der Waals surface area contributed by atoms with Gasteiger partial charge < -0.3 is 15.2 Å². The monoisotopic (exact) mass is 265 g/mol. The Morgan fingerprint density at radius 2 is 1.84 bits per heavy atom. The standard InChI is InChI=1S/C16H27NO2/c1-10-8-14(19-7)13(16(3,4)5)9-12(10)15(18)11(2)17-6/h8-9,11,15,17-18H,1-7H3. The van der Waals surface area contributed by atoms with Crippen LogP contribution in [0.2, 0.25) is 0 Å². The smallest absolute Gasteiger partial charge is 0.122 e. The highest BCUT2D eigenvalue weighted by Gasteiger charge is 2.24. The topological polar surface area (TPSA) is 41.5 Å². The summed E-state index contributed by atoms with van der Waals surface area (Å²) < 4.78 is 5.48. The molecule has 2 N–H and O–H groups in total. The third kappa shape index (κ3) is 3.48. The van der Waals surface area contributed by atoms with Crippen molar-refractivity contribution in [3.8, 4) is 5.75 Å². The zero-order chi connectivity index (χ0) is 14.8. The van der Waals surface area contributed by atoms with Crippen LogP contribution in [0.4, 0.5) is 0 Å². The van der Waals surface area contributed by atoms with Gasteiger partial charge in [0.2, 0.25) is 0 Å². The van der Waals surface area contributed by atoms with E-state index in [1.807, 2.05) is 27.0 Å². The molecule has 0 aromatic heterocycles. The van der Waals surface area contributed by atoms with Crippen LogP contribution < -0.4 is 10.1 Å². The van der Waals surface area contributed by atoms with Crippen LogP contribution in [0.1, 0.15) is 50.5 Å². The molecule has 19 heavy (non-hydrogen) atoms. The molecule has 0 amide bonds. The summed E-state index contributed by atoms with van der Waals surface area (Å²) in [4.78, 5) is 0. The van der Waals surface area contributed by atoms with E-state index in [0.717, 1.165) is 22.4 Å². The lowest BCUT2D eigenvalue weighted by molar-refractivity contribution is 0.139. The summed E-state index contributed by atoms with van der Waals surface area (Å²) >= 11 is 0. The number of ether oxygens (including phenoxy) is 1. The van der Waals surface area contributed by atoms with Crippen molar-refractivity contribution in [1.82, 2.24) is 5.32 Å².